The fraction of sp³-hybridized carbons (Fsp3) is 0.609. The monoisotopic (exact) mass is 431 g/mol. The van der Waals surface area contributed by atoms with E-state index in [1.54, 1.807) is 0 Å². The van der Waals surface area contributed by atoms with Gasteiger partial charge >= 0.3 is 12.0 Å². The Bertz CT molecular complexity index is 763. The minimum absolute atomic E-state index is 0.00718. The molecule has 3 rings (SSSR count). The summed E-state index contributed by atoms with van der Waals surface area (Å²) in [5, 5.41) is 18.0. The summed E-state index contributed by atoms with van der Waals surface area (Å²) >= 11 is 0. The largest absolute Gasteiger partial charge is 0.494 e. The van der Waals surface area contributed by atoms with Crippen molar-refractivity contribution in [1.82, 2.24) is 16.0 Å². The van der Waals surface area contributed by atoms with Gasteiger partial charge in [-0.1, -0.05) is 31.4 Å². The average molecular weight is 432 g/mol. The van der Waals surface area contributed by atoms with Crippen molar-refractivity contribution in [2.24, 2.45) is 5.92 Å². The fourth-order valence-corrected chi connectivity index (χ4v) is 4.31. The Morgan fingerprint density at radius 1 is 1.00 bits per heavy atom. The summed E-state index contributed by atoms with van der Waals surface area (Å²) in [6.07, 6.45) is 7.54. The first-order valence-electron chi connectivity index (χ1n) is 11.3. The van der Waals surface area contributed by atoms with Crippen molar-refractivity contribution in [3.63, 3.8) is 0 Å². The number of hydrogen-bond donors (Lipinski definition) is 4. The fourth-order valence-electron chi connectivity index (χ4n) is 4.31. The van der Waals surface area contributed by atoms with Crippen molar-refractivity contribution >= 4 is 17.9 Å². The van der Waals surface area contributed by atoms with Gasteiger partial charge in [0.1, 0.15) is 17.8 Å². The van der Waals surface area contributed by atoms with Crippen LogP contribution in [0.25, 0.3) is 0 Å². The van der Waals surface area contributed by atoms with Gasteiger partial charge in [0.05, 0.1) is 6.61 Å². The zero-order chi connectivity index (χ0) is 22.1. The topological polar surface area (TPSA) is 117 Å². The van der Waals surface area contributed by atoms with E-state index in [-0.39, 0.29) is 18.4 Å². The molecule has 8 nitrogen and oxygen atoms in total. The van der Waals surface area contributed by atoms with Crippen LogP contribution in [0.4, 0.5) is 4.79 Å². The molecule has 1 fully saturated rings. The maximum Gasteiger partial charge on any atom is 0.326 e. The first kappa shape index (κ1) is 22.9. The summed E-state index contributed by atoms with van der Waals surface area (Å²) in [7, 11) is 0. The van der Waals surface area contributed by atoms with Gasteiger partial charge in [-0.25, -0.2) is 9.59 Å². The minimum atomic E-state index is -1.11. The molecule has 1 aromatic rings. The molecule has 1 aliphatic carbocycles. The van der Waals surface area contributed by atoms with Gasteiger partial charge in [-0.05, 0) is 55.7 Å². The van der Waals surface area contributed by atoms with E-state index in [0.717, 1.165) is 56.9 Å². The molecule has 0 radical (unpaired) electrons. The first-order chi connectivity index (χ1) is 15.0. The van der Waals surface area contributed by atoms with Gasteiger partial charge in [-0.2, -0.15) is 0 Å². The number of carbonyl (C=O) groups excluding carboxylic acids is 2. The lowest BCUT2D eigenvalue weighted by molar-refractivity contribution is -0.142. The lowest BCUT2D eigenvalue weighted by Gasteiger charge is -2.31. The minimum Gasteiger partial charge on any atom is -0.494 e. The highest BCUT2D eigenvalue weighted by molar-refractivity contribution is 5.90. The standard InChI is InChI=1S/C23H33N3O5/c27-21-20(17-9-3-1-4-10-17)26-23(30)24-12-5-2-6-13-31-18-11-7-8-16(14-18)15-19(25-21)22(28)29/h7-8,11,14,17,19-20H,1-6,9-10,12-13,15H2,(H,25,27)(H,28,29)(H2,24,26,30)/t19-,20-/m0/s1. The van der Waals surface area contributed by atoms with Crippen LogP contribution in [0.1, 0.15) is 56.9 Å². The SMILES string of the molecule is O=C1NCCCCCOc2cccc(c2)C[C@@H](C(=O)O)NC(=O)[C@H](C2CCCCC2)N1. The molecule has 1 saturated carbocycles. The van der Waals surface area contributed by atoms with Crippen molar-refractivity contribution in [2.45, 2.75) is 69.9 Å². The third-order valence-electron chi connectivity index (χ3n) is 6.02. The second-order valence-corrected chi connectivity index (χ2v) is 8.44. The lowest BCUT2D eigenvalue weighted by atomic mass is 9.83. The zero-order valence-electron chi connectivity index (χ0n) is 17.9. The molecule has 2 aliphatic rings. The van der Waals surface area contributed by atoms with Crippen LogP contribution in [0.15, 0.2) is 24.3 Å². The van der Waals surface area contributed by atoms with E-state index < -0.39 is 24.0 Å². The molecular weight excluding hydrogens is 398 g/mol. The van der Waals surface area contributed by atoms with Crippen LogP contribution in [0.5, 0.6) is 5.75 Å². The molecule has 170 valence electrons. The molecule has 1 heterocycles. The number of benzene rings is 1. The molecule has 2 bridgehead atoms. The van der Waals surface area contributed by atoms with Crippen LogP contribution in [-0.4, -0.2) is 48.2 Å². The van der Waals surface area contributed by atoms with E-state index in [1.165, 1.54) is 0 Å². The van der Waals surface area contributed by atoms with Gasteiger partial charge in [-0.3, -0.25) is 4.79 Å². The Labute approximate surface area is 183 Å². The second-order valence-electron chi connectivity index (χ2n) is 8.44. The molecule has 31 heavy (non-hydrogen) atoms. The molecule has 0 aromatic heterocycles. The number of amides is 3. The third kappa shape index (κ3) is 7.15. The highest BCUT2D eigenvalue weighted by Gasteiger charge is 2.33. The maximum atomic E-state index is 13.1. The van der Waals surface area contributed by atoms with Crippen molar-refractivity contribution in [3.05, 3.63) is 29.8 Å². The third-order valence-corrected chi connectivity index (χ3v) is 6.02. The highest BCUT2D eigenvalue weighted by Crippen LogP contribution is 2.27. The molecular formula is C23H33N3O5. The summed E-state index contributed by atoms with van der Waals surface area (Å²) in [6, 6.07) is 5.10. The molecule has 8 heteroatoms. The van der Waals surface area contributed by atoms with Crippen LogP contribution in [-0.2, 0) is 16.0 Å². The maximum absolute atomic E-state index is 13.1. The van der Waals surface area contributed by atoms with Gasteiger partial charge in [0.15, 0.2) is 0 Å². The van der Waals surface area contributed by atoms with E-state index in [4.69, 9.17) is 4.74 Å². The summed E-state index contributed by atoms with van der Waals surface area (Å²) < 4.78 is 5.77. The van der Waals surface area contributed by atoms with Crippen LogP contribution < -0.4 is 20.7 Å². The molecule has 3 amide bonds. The van der Waals surface area contributed by atoms with E-state index in [0.29, 0.717) is 18.9 Å². The number of aliphatic carboxylic acids is 1. The Morgan fingerprint density at radius 2 is 1.77 bits per heavy atom. The number of ether oxygens (including phenoxy) is 1. The molecule has 2 atom stereocenters. The highest BCUT2D eigenvalue weighted by atomic mass is 16.5. The number of carboxylic acids is 1. The number of hydrogen-bond acceptors (Lipinski definition) is 4. The molecule has 1 aliphatic heterocycles. The smallest absolute Gasteiger partial charge is 0.326 e. The van der Waals surface area contributed by atoms with Crippen LogP contribution in [0.2, 0.25) is 0 Å². The predicted molar refractivity (Wildman–Crippen MR) is 116 cm³/mol. The van der Waals surface area contributed by atoms with E-state index >= 15 is 0 Å². The summed E-state index contributed by atoms with van der Waals surface area (Å²) in [5.74, 6) is -0.851. The number of urea groups is 1. The normalized spacial score (nSPS) is 24.6. The van der Waals surface area contributed by atoms with Crippen LogP contribution >= 0.6 is 0 Å². The number of fused-ring (bicyclic) bond motifs is 2. The summed E-state index contributed by atoms with van der Waals surface area (Å²) in [4.78, 5) is 37.4. The quantitative estimate of drug-likeness (QED) is 0.574. The van der Waals surface area contributed by atoms with Crippen LogP contribution in [0, 0.1) is 5.92 Å². The zero-order valence-corrected chi connectivity index (χ0v) is 17.9. The first-order valence-corrected chi connectivity index (χ1v) is 11.3. The summed E-state index contributed by atoms with van der Waals surface area (Å²) in [6.45, 7) is 1.07. The Hall–Kier alpha value is -2.77. The Kier molecular flexibility index (Phi) is 8.55. The molecule has 0 spiro atoms. The van der Waals surface area contributed by atoms with Gasteiger partial charge in [0, 0.05) is 13.0 Å². The van der Waals surface area contributed by atoms with Crippen molar-refractivity contribution in [2.75, 3.05) is 13.2 Å². The Balaban J connectivity index is 1.80. The van der Waals surface area contributed by atoms with Crippen molar-refractivity contribution in [1.29, 1.82) is 0 Å². The average Bonchev–Trinajstić information content (AvgIpc) is 2.76. The van der Waals surface area contributed by atoms with Gasteiger partial charge in [-0.15, -0.1) is 0 Å². The van der Waals surface area contributed by atoms with Gasteiger partial charge in [0.25, 0.3) is 0 Å². The molecule has 0 saturated heterocycles. The van der Waals surface area contributed by atoms with Crippen molar-refractivity contribution in [3.8, 4) is 5.75 Å². The second kappa shape index (κ2) is 11.6. The van der Waals surface area contributed by atoms with E-state index in [1.807, 2.05) is 24.3 Å². The molecule has 0 unspecified atom stereocenters. The van der Waals surface area contributed by atoms with Crippen LogP contribution in [0.3, 0.4) is 0 Å². The Morgan fingerprint density at radius 3 is 2.55 bits per heavy atom. The van der Waals surface area contributed by atoms with Gasteiger partial charge < -0.3 is 25.8 Å². The molecule has 4 N–H and O–H groups in total. The van der Waals surface area contributed by atoms with E-state index in [9.17, 15) is 19.5 Å². The number of carbonyl (C=O) groups is 3. The van der Waals surface area contributed by atoms with Crippen molar-refractivity contribution < 1.29 is 24.2 Å². The van der Waals surface area contributed by atoms with E-state index in [2.05, 4.69) is 16.0 Å². The number of carboxylic acid groups (broad SMARTS) is 1. The summed E-state index contributed by atoms with van der Waals surface area (Å²) in [5.41, 5.74) is 0.773. The predicted octanol–water partition coefficient (Wildman–Crippen LogP) is 2.61. The van der Waals surface area contributed by atoms with Gasteiger partial charge in [0.2, 0.25) is 5.91 Å². The number of nitrogens with one attached hydrogen (secondary N) is 3. The number of rotatable bonds is 2. The lowest BCUT2D eigenvalue weighted by Crippen LogP contribution is -2.57. The molecule has 1 aromatic carbocycles.